The molecule has 15 heavy (non-hydrogen) atoms. The van der Waals surface area contributed by atoms with Crippen molar-refractivity contribution < 1.29 is 0 Å². The number of rotatable bonds is 7. The zero-order valence-electron chi connectivity index (χ0n) is 9.57. The summed E-state index contributed by atoms with van der Waals surface area (Å²) in [6, 6.07) is 4.79. The van der Waals surface area contributed by atoms with E-state index in [1.54, 1.807) is 0 Å². The van der Waals surface area contributed by atoms with Crippen LogP contribution in [0.15, 0.2) is 29.4 Å². The summed E-state index contributed by atoms with van der Waals surface area (Å²) >= 11 is 1.92. The van der Waals surface area contributed by atoms with Crippen LogP contribution in [0, 0.1) is 0 Å². The van der Waals surface area contributed by atoms with Gasteiger partial charge in [0.2, 0.25) is 0 Å². The smallest absolute Gasteiger partial charge is 0.0278 e. The number of nitrogens with zero attached hydrogens (tertiary/aromatic N) is 1. The highest BCUT2D eigenvalue weighted by molar-refractivity contribution is 7.99. The molecular formula is C12H20N2S. The lowest BCUT2D eigenvalue weighted by molar-refractivity contribution is 0.539. The van der Waals surface area contributed by atoms with E-state index in [0.29, 0.717) is 6.04 Å². The number of unbranched alkanes of at least 4 members (excludes halogenated alkanes) is 1. The van der Waals surface area contributed by atoms with E-state index in [0.717, 1.165) is 0 Å². The summed E-state index contributed by atoms with van der Waals surface area (Å²) in [6.07, 6.45) is 7.57. The Labute approximate surface area is 96.9 Å². The Hall–Kier alpha value is -0.540. The molecule has 0 amide bonds. The van der Waals surface area contributed by atoms with E-state index in [9.17, 15) is 0 Å². The van der Waals surface area contributed by atoms with Gasteiger partial charge in [0.25, 0.3) is 0 Å². The number of aromatic nitrogens is 1. The molecule has 1 aromatic heterocycles. The molecule has 0 aliphatic carbocycles. The zero-order chi connectivity index (χ0) is 10.9. The first-order chi connectivity index (χ1) is 7.33. The maximum atomic E-state index is 4.00. The first kappa shape index (κ1) is 12.5. The highest BCUT2D eigenvalue weighted by Gasteiger charge is 1.98. The van der Waals surface area contributed by atoms with Gasteiger partial charge < -0.3 is 5.32 Å². The minimum atomic E-state index is 0.649. The number of nitrogens with one attached hydrogen (secondary N) is 1. The molecule has 0 saturated heterocycles. The molecule has 1 aromatic rings. The van der Waals surface area contributed by atoms with Crippen LogP contribution in [0.2, 0.25) is 0 Å². The monoisotopic (exact) mass is 224 g/mol. The molecular weight excluding hydrogens is 204 g/mol. The van der Waals surface area contributed by atoms with Crippen molar-refractivity contribution in [1.82, 2.24) is 10.3 Å². The van der Waals surface area contributed by atoms with E-state index in [2.05, 4.69) is 29.4 Å². The zero-order valence-corrected chi connectivity index (χ0v) is 10.4. The molecule has 1 atom stereocenters. The van der Waals surface area contributed by atoms with Crippen LogP contribution < -0.4 is 5.32 Å². The van der Waals surface area contributed by atoms with Crippen molar-refractivity contribution in [2.24, 2.45) is 0 Å². The summed E-state index contributed by atoms with van der Waals surface area (Å²) in [4.78, 5) is 5.33. The largest absolute Gasteiger partial charge is 0.317 e. The Morgan fingerprint density at radius 3 is 2.73 bits per heavy atom. The van der Waals surface area contributed by atoms with Gasteiger partial charge in [0, 0.05) is 23.3 Å². The van der Waals surface area contributed by atoms with Crippen molar-refractivity contribution in [3.8, 4) is 0 Å². The Morgan fingerprint density at radius 2 is 2.07 bits per heavy atom. The quantitative estimate of drug-likeness (QED) is 0.569. The predicted octanol–water partition coefficient (Wildman–Crippen LogP) is 2.95. The van der Waals surface area contributed by atoms with Crippen LogP contribution in [0.3, 0.4) is 0 Å². The SMILES string of the molecule is CNC(C)CCCCSc1ccncc1. The second-order valence-electron chi connectivity index (χ2n) is 3.72. The number of pyridine rings is 1. The van der Waals surface area contributed by atoms with Crippen LogP contribution in [-0.2, 0) is 0 Å². The van der Waals surface area contributed by atoms with Crippen LogP contribution >= 0.6 is 11.8 Å². The molecule has 1 heterocycles. The first-order valence-corrected chi connectivity index (χ1v) is 6.51. The molecule has 0 aliphatic heterocycles. The molecule has 0 fully saturated rings. The summed E-state index contributed by atoms with van der Waals surface area (Å²) in [7, 11) is 2.02. The molecule has 0 radical (unpaired) electrons. The fraction of sp³-hybridized carbons (Fsp3) is 0.583. The average Bonchev–Trinajstić information content (AvgIpc) is 2.29. The summed E-state index contributed by atoms with van der Waals surface area (Å²) in [6.45, 7) is 2.23. The van der Waals surface area contributed by atoms with Gasteiger partial charge in [-0.2, -0.15) is 0 Å². The molecule has 84 valence electrons. The van der Waals surface area contributed by atoms with Gasteiger partial charge in [-0.1, -0.05) is 6.42 Å². The van der Waals surface area contributed by atoms with Gasteiger partial charge in [-0.3, -0.25) is 4.98 Å². The topological polar surface area (TPSA) is 24.9 Å². The normalized spacial score (nSPS) is 12.7. The fourth-order valence-corrected chi connectivity index (χ4v) is 2.22. The molecule has 1 N–H and O–H groups in total. The first-order valence-electron chi connectivity index (χ1n) is 5.53. The molecule has 2 nitrogen and oxygen atoms in total. The Kier molecular flexibility index (Phi) is 6.44. The van der Waals surface area contributed by atoms with Gasteiger partial charge in [-0.25, -0.2) is 0 Å². The Balaban J connectivity index is 2.03. The van der Waals surface area contributed by atoms with E-state index in [1.165, 1.54) is 29.9 Å². The standard InChI is InChI=1S/C12H20N2S/c1-11(13-2)5-3-4-10-15-12-6-8-14-9-7-12/h6-9,11,13H,3-5,10H2,1-2H3. The fourth-order valence-electron chi connectivity index (χ4n) is 1.32. The van der Waals surface area contributed by atoms with Crippen molar-refractivity contribution in [3.63, 3.8) is 0 Å². The van der Waals surface area contributed by atoms with E-state index in [1.807, 2.05) is 31.2 Å². The minimum Gasteiger partial charge on any atom is -0.317 e. The lowest BCUT2D eigenvalue weighted by Gasteiger charge is -2.08. The van der Waals surface area contributed by atoms with Gasteiger partial charge in [-0.05, 0) is 44.7 Å². The molecule has 1 rings (SSSR count). The third kappa shape index (κ3) is 5.80. The van der Waals surface area contributed by atoms with Crippen molar-refractivity contribution in [2.45, 2.75) is 37.1 Å². The summed E-state index contributed by atoms with van der Waals surface area (Å²) in [5, 5.41) is 3.26. The van der Waals surface area contributed by atoms with Gasteiger partial charge >= 0.3 is 0 Å². The summed E-state index contributed by atoms with van der Waals surface area (Å²) in [5.41, 5.74) is 0. The van der Waals surface area contributed by atoms with Gasteiger partial charge in [0.05, 0.1) is 0 Å². The van der Waals surface area contributed by atoms with Gasteiger partial charge in [-0.15, -0.1) is 11.8 Å². The van der Waals surface area contributed by atoms with Crippen LogP contribution in [-0.4, -0.2) is 23.8 Å². The Bertz CT molecular complexity index is 251. The van der Waals surface area contributed by atoms with E-state index >= 15 is 0 Å². The van der Waals surface area contributed by atoms with Crippen molar-refractivity contribution in [3.05, 3.63) is 24.5 Å². The molecule has 3 heteroatoms. The van der Waals surface area contributed by atoms with Gasteiger partial charge in [0.1, 0.15) is 0 Å². The van der Waals surface area contributed by atoms with E-state index in [4.69, 9.17) is 0 Å². The van der Waals surface area contributed by atoms with E-state index < -0.39 is 0 Å². The maximum absolute atomic E-state index is 4.00. The number of hydrogen-bond donors (Lipinski definition) is 1. The molecule has 0 aliphatic rings. The molecule has 0 aromatic carbocycles. The highest BCUT2D eigenvalue weighted by atomic mass is 32.2. The van der Waals surface area contributed by atoms with Gasteiger partial charge in [0.15, 0.2) is 0 Å². The lowest BCUT2D eigenvalue weighted by atomic mass is 10.1. The average molecular weight is 224 g/mol. The third-order valence-electron chi connectivity index (χ3n) is 2.44. The molecule has 0 bridgehead atoms. The van der Waals surface area contributed by atoms with Crippen LogP contribution in [0.5, 0.6) is 0 Å². The third-order valence-corrected chi connectivity index (χ3v) is 3.54. The second kappa shape index (κ2) is 7.71. The van der Waals surface area contributed by atoms with Crippen LogP contribution in [0.25, 0.3) is 0 Å². The minimum absolute atomic E-state index is 0.649. The van der Waals surface area contributed by atoms with Crippen LogP contribution in [0.1, 0.15) is 26.2 Å². The lowest BCUT2D eigenvalue weighted by Crippen LogP contribution is -2.20. The highest BCUT2D eigenvalue weighted by Crippen LogP contribution is 2.18. The number of thioether (sulfide) groups is 1. The summed E-state index contributed by atoms with van der Waals surface area (Å²) in [5.74, 6) is 1.21. The predicted molar refractivity (Wildman–Crippen MR) is 67.3 cm³/mol. The van der Waals surface area contributed by atoms with E-state index in [-0.39, 0.29) is 0 Å². The molecule has 0 spiro atoms. The maximum Gasteiger partial charge on any atom is 0.0278 e. The van der Waals surface area contributed by atoms with Crippen molar-refractivity contribution >= 4 is 11.8 Å². The molecule has 1 unspecified atom stereocenters. The number of hydrogen-bond acceptors (Lipinski definition) is 3. The van der Waals surface area contributed by atoms with Crippen molar-refractivity contribution in [1.29, 1.82) is 0 Å². The Morgan fingerprint density at radius 1 is 1.33 bits per heavy atom. The second-order valence-corrected chi connectivity index (χ2v) is 4.89. The van der Waals surface area contributed by atoms with Crippen molar-refractivity contribution in [2.75, 3.05) is 12.8 Å². The van der Waals surface area contributed by atoms with Crippen LogP contribution in [0.4, 0.5) is 0 Å². The summed E-state index contributed by atoms with van der Waals surface area (Å²) < 4.78 is 0. The molecule has 0 saturated carbocycles.